The van der Waals surface area contributed by atoms with Gasteiger partial charge in [-0.2, -0.15) is 0 Å². The highest BCUT2D eigenvalue weighted by atomic mass is 16.4. The third-order valence-electron chi connectivity index (χ3n) is 2.66. The first kappa shape index (κ1) is 15.9. The van der Waals surface area contributed by atoms with Crippen LogP contribution in [0.15, 0.2) is 18.3 Å². The molecule has 110 valence electrons. The van der Waals surface area contributed by atoms with Crippen molar-refractivity contribution < 1.29 is 19.8 Å². The Morgan fingerprint density at radius 2 is 2.15 bits per heavy atom. The van der Waals surface area contributed by atoms with E-state index >= 15 is 0 Å². The third-order valence-corrected chi connectivity index (χ3v) is 2.66. The van der Waals surface area contributed by atoms with Crippen LogP contribution in [-0.2, 0) is 11.2 Å². The van der Waals surface area contributed by atoms with Gasteiger partial charge in [-0.05, 0) is 25.5 Å². The van der Waals surface area contributed by atoms with Gasteiger partial charge in [0.15, 0.2) is 0 Å². The smallest absolute Gasteiger partial charge is 0.321 e. The number of nitrogens with zero attached hydrogens (tertiary/aromatic N) is 2. The standard InChI is InChI=1S/C13H19N3O4/c1-2-16(6-3-7-17)13(20)15-11-5-4-10(14-9-11)8-12(18)19/h4-5,9,17H,2-3,6-8H2,1H3,(H,15,20)(H,18,19). The molecule has 1 heterocycles. The number of nitrogens with one attached hydrogen (secondary N) is 1. The molecule has 0 aliphatic heterocycles. The lowest BCUT2D eigenvalue weighted by molar-refractivity contribution is -0.136. The minimum Gasteiger partial charge on any atom is -0.481 e. The molecule has 3 N–H and O–H groups in total. The second-order valence-electron chi connectivity index (χ2n) is 4.20. The Hall–Kier alpha value is -2.15. The summed E-state index contributed by atoms with van der Waals surface area (Å²) in [5.74, 6) is -0.949. The zero-order chi connectivity index (χ0) is 15.0. The first-order valence-electron chi connectivity index (χ1n) is 6.40. The number of pyridine rings is 1. The van der Waals surface area contributed by atoms with Crippen molar-refractivity contribution in [1.82, 2.24) is 9.88 Å². The average molecular weight is 281 g/mol. The number of carboxylic acids is 1. The molecule has 0 aromatic carbocycles. The fraction of sp³-hybridized carbons (Fsp3) is 0.462. The monoisotopic (exact) mass is 281 g/mol. The van der Waals surface area contributed by atoms with Gasteiger partial charge in [-0.15, -0.1) is 0 Å². The SMILES string of the molecule is CCN(CCCO)C(=O)Nc1ccc(CC(=O)O)nc1. The number of anilines is 1. The largest absolute Gasteiger partial charge is 0.481 e. The molecule has 0 radical (unpaired) electrons. The van der Waals surface area contributed by atoms with Gasteiger partial charge in [-0.1, -0.05) is 0 Å². The average Bonchev–Trinajstić information content (AvgIpc) is 2.41. The van der Waals surface area contributed by atoms with Gasteiger partial charge in [-0.3, -0.25) is 9.78 Å². The molecule has 1 aromatic rings. The summed E-state index contributed by atoms with van der Waals surface area (Å²) in [4.78, 5) is 28.0. The highest BCUT2D eigenvalue weighted by Gasteiger charge is 2.11. The molecule has 0 unspecified atom stereocenters. The number of aromatic nitrogens is 1. The molecule has 0 aliphatic carbocycles. The van der Waals surface area contributed by atoms with E-state index in [9.17, 15) is 9.59 Å². The van der Waals surface area contributed by atoms with Gasteiger partial charge in [0.05, 0.1) is 24.0 Å². The van der Waals surface area contributed by atoms with Crippen LogP contribution >= 0.6 is 0 Å². The van der Waals surface area contributed by atoms with E-state index in [0.717, 1.165) is 0 Å². The first-order valence-corrected chi connectivity index (χ1v) is 6.40. The van der Waals surface area contributed by atoms with Gasteiger partial charge in [0.25, 0.3) is 0 Å². The lowest BCUT2D eigenvalue weighted by atomic mass is 10.2. The van der Waals surface area contributed by atoms with Gasteiger partial charge in [0, 0.05) is 19.7 Å². The number of hydrogen-bond donors (Lipinski definition) is 3. The summed E-state index contributed by atoms with van der Waals surface area (Å²) in [6.45, 7) is 2.90. The maximum Gasteiger partial charge on any atom is 0.321 e. The molecule has 20 heavy (non-hydrogen) atoms. The van der Waals surface area contributed by atoms with Crippen LogP contribution in [-0.4, -0.2) is 51.8 Å². The summed E-state index contributed by atoms with van der Waals surface area (Å²) in [5, 5.41) is 20.1. The van der Waals surface area contributed by atoms with Crippen molar-refractivity contribution in [2.24, 2.45) is 0 Å². The summed E-state index contributed by atoms with van der Waals surface area (Å²) in [6, 6.07) is 2.91. The van der Waals surface area contributed by atoms with Gasteiger partial charge in [-0.25, -0.2) is 4.79 Å². The fourth-order valence-corrected chi connectivity index (χ4v) is 1.63. The molecule has 0 atom stereocenters. The molecule has 0 saturated heterocycles. The summed E-state index contributed by atoms with van der Waals surface area (Å²) in [5.41, 5.74) is 0.940. The first-order chi connectivity index (χ1) is 9.56. The van der Waals surface area contributed by atoms with Crippen molar-refractivity contribution in [3.8, 4) is 0 Å². The van der Waals surface area contributed by atoms with E-state index < -0.39 is 5.97 Å². The van der Waals surface area contributed by atoms with E-state index in [2.05, 4.69) is 10.3 Å². The Bertz CT molecular complexity index is 447. The quantitative estimate of drug-likeness (QED) is 0.690. The summed E-state index contributed by atoms with van der Waals surface area (Å²) in [6.07, 6.45) is 1.80. The third kappa shape index (κ3) is 5.23. The molecule has 2 amide bonds. The minimum atomic E-state index is -0.949. The Kier molecular flexibility index (Phi) is 6.45. The number of aliphatic carboxylic acids is 1. The molecule has 0 bridgehead atoms. The van der Waals surface area contributed by atoms with Crippen molar-refractivity contribution in [1.29, 1.82) is 0 Å². The van der Waals surface area contributed by atoms with Crippen molar-refractivity contribution >= 4 is 17.7 Å². The van der Waals surface area contributed by atoms with Crippen LogP contribution in [0, 0.1) is 0 Å². The highest BCUT2D eigenvalue weighted by molar-refractivity contribution is 5.89. The molecule has 1 aromatic heterocycles. The molecular formula is C13H19N3O4. The number of carboxylic acid groups (broad SMARTS) is 1. The van der Waals surface area contributed by atoms with Crippen molar-refractivity contribution in [2.75, 3.05) is 25.0 Å². The van der Waals surface area contributed by atoms with Crippen molar-refractivity contribution in [3.05, 3.63) is 24.0 Å². The maximum atomic E-state index is 11.9. The van der Waals surface area contributed by atoms with Crippen molar-refractivity contribution in [3.63, 3.8) is 0 Å². The number of carbonyl (C=O) groups excluding carboxylic acids is 1. The van der Waals surface area contributed by atoms with E-state index in [-0.39, 0.29) is 19.1 Å². The second kappa shape index (κ2) is 8.11. The molecule has 0 saturated carbocycles. The predicted octanol–water partition coefficient (Wildman–Crippen LogP) is 0.945. The van der Waals surface area contributed by atoms with Crippen LogP contribution in [0.3, 0.4) is 0 Å². The van der Waals surface area contributed by atoms with Crippen molar-refractivity contribution in [2.45, 2.75) is 19.8 Å². The van der Waals surface area contributed by atoms with Crippen LogP contribution < -0.4 is 5.32 Å². The fourth-order valence-electron chi connectivity index (χ4n) is 1.63. The van der Waals surface area contributed by atoms with E-state index in [0.29, 0.717) is 30.9 Å². The molecular weight excluding hydrogens is 262 g/mol. The number of urea groups is 1. The minimum absolute atomic E-state index is 0.0369. The Morgan fingerprint density at radius 1 is 1.40 bits per heavy atom. The number of carbonyl (C=O) groups is 2. The zero-order valence-corrected chi connectivity index (χ0v) is 11.4. The normalized spacial score (nSPS) is 10.1. The second-order valence-corrected chi connectivity index (χ2v) is 4.20. The molecule has 0 spiro atoms. The molecule has 0 aliphatic rings. The summed E-state index contributed by atoms with van der Waals surface area (Å²) >= 11 is 0. The summed E-state index contributed by atoms with van der Waals surface area (Å²) in [7, 11) is 0. The predicted molar refractivity (Wildman–Crippen MR) is 73.5 cm³/mol. The number of aliphatic hydroxyl groups is 1. The van der Waals surface area contributed by atoms with Crippen LogP contribution in [0.5, 0.6) is 0 Å². The number of amides is 2. The van der Waals surface area contributed by atoms with Crippen LogP contribution in [0.4, 0.5) is 10.5 Å². The maximum absolute atomic E-state index is 11.9. The van der Waals surface area contributed by atoms with E-state index in [1.54, 1.807) is 17.0 Å². The van der Waals surface area contributed by atoms with Crippen LogP contribution in [0.25, 0.3) is 0 Å². The number of hydrogen-bond acceptors (Lipinski definition) is 4. The summed E-state index contributed by atoms with van der Waals surface area (Å²) < 4.78 is 0. The van der Waals surface area contributed by atoms with Gasteiger partial charge >= 0.3 is 12.0 Å². The van der Waals surface area contributed by atoms with E-state index in [1.807, 2.05) is 6.92 Å². The van der Waals surface area contributed by atoms with Crippen LogP contribution in [0.1, 0.15) is 19.0 Å². The van der Waals surface area contributed by atoms with Crippen LogP contribution in [0.2, 0.25) is 0 Å². The molecule has 0 fully saturated rings. The Morgan fingerprint density at radius 3 is 2.65 bits per heavy atom. The van der Waals surface area contributed by atoms with Gasteiger partial charge in [0.2, 0.25) is 0 Å². The zero-order valence-electron chi connectivity index (χ0n) is 11.4. The number of aliphatic hydroxyl groups excluding tert-OH is 1. The Labute approximate surface area is 117 Å². The number of rotatable bonds is 7. The molecule has 7 heteroatoms. The lowest BCUT2D eigenvalue weighted by Gasteiger charge is -2.20. The molecule has 1 rings (SSSR count). The van der Waals surface area contributed by atoms with E-state index in [4.69, 9.17) is 10.2 Å². The topological polar surface area (TPSA) is 103 Å². The van der Waals surface area contributed by atoms with E-state index in [1.165, 1.54) is 6.20 Å². The van der Waals surface area contributed by atoms with Gasteiger partial charge < -0.3 is 20.4 Å². The molecule has 7 nitrogen and oxygen atoms in total. The highest BCUT2D eigenvalue weighted by Crippen LogP contribution is 2.08. The Balaban J connectivity index is 2.58. The van der Waals surface area contributed by atoms with Gasteiger partial charge in [0.1, 0.15) is 0 Å². The lowest BCUT2D eigenvalue weighted by Crippen LogP contribution is -2.35.